The van der Waals surface area contributed by atoms with Crippen LogP contribution in [0.25, 0.3) is 22.5 Å². The molecular formula is C24H22N4O2. The maximum absolute atomic E-state index is 11.9. The van der Waals surface area contributed by atoms with Crippen LogP contribution in [0.3, 0.4) is 0 Å². The van der Waals surface area contributed by atoms with Crippen LogP contribution in [0.2, 0.25) is 0 Å². The monoisotopic (exact) mass is 398 g/mol. The summed E-state index contributed by atoms with van der Waals surface area (Å²) in [7, 11) is 0. The Bertz CT molecular complexity index is 979. The Kier molecular flexibility index (Phi) is 4.75. The SMILES string of the molecule is O=C(Nc1ccc(-c2cnc(-c3ccc(NC(=O)C4CC4)cc3)nc2)cc1)C1CC1. The van der Waals surface area contributed by atoms with E-state index in [4.69, 9.17) is 0 Å². The highest BCUT2D eigenvalue weighted by molar-refractivity contribution is 5.94. The molecule has 0 radical (unpaired) electrons. The van der Waals surface area contributed by atoms with Crippen molar-refractivity contribution >= 4 is 23.2 Å². The van der Waals surface area contributed by atoms with Crippen LogP contribution in [0.1, 0.15) is 25.7 Å². The number of anilines is 2. The van der Waals surface area contributed by atoms with Gasteiger partial charge in [0.05, 0.1) is 0 Å². The summed E-state index contributed by atoms with van der Waals surface area (Å²) < 4.78 is 0. The maximum Gasteiger partial charge on any atom is 0.227 e. The molecule has 0 bridgehead atoms. The van der Waals surface area contributed by atoms with Crippen molar-refractivity contribution in [3.63, 3.8) is 0 Å². The molecule has 6 heteroatoms. The highest BCUT2D eigenvalue weighted by Gasteiger charge is 2.30. The molecule has 2 N–H and O–H groups in total. The predicted molar refractivity (Wildman–Crippen MR) is 116 cm³/mol. The number of rotatable bonds is 6. The van der Waals surface area contributed by atoms with Gasteiger partial charge in [0.25, 0.3) is 0 Å². The second-order valence-electron chi connectivity index (χ2n) is 7.98. The standard InChI is InChI=1S/C24H22N4O2/c29-23(17-1-2-17)27-20-9-5-15(6-10-20)19-13-25-22(26-14-19)16-7-11-21(12-8-16)28-24(30)18-3-4-18/h5-14,17-18H,1-4H2,(H,27,29)(H,28,30). The van der Waals surface area contributed by atoms with E-state index in [0.29, 0.717) is 5.82 Å². The molecule has 0 aliphatic heterocycles. The number of nitrogens with zero attached hydrogens (tertiary/aromatic N) is 2. The molecule has 5 rings (SSSR count). The van der Waals surface area contributed by atoms with Crippen molar-refractivity contribution in [2.75, 3.05) is 10.6 Å². The van der Waals surface area contributed by atoms with Crippen LogP contribution in [0.15, 0.2) is 60.9 Å². The lowest BCUT2D eigenvalue weighted by Crippen LogP contribution is -2.13. The zero-order chi connectivity index (χ0) is 20.5. The van der Waals surface area contributed by atoms with Crippen molar-refractivity contribution in [2.24, 2.45) is 11.8 Å². The minimum atomic E-state index is 0.0986. The Morgan fingerprint density at radius 3 is 1.50 bits per heavy atom. The zero-order valence-electron chi connectivity index (χ0n) is 16.5. The molecule has 0 spiro atoms. The van der Waals surface area contributed by atoms with E-state index < -0.39 is 0 Å². The van der Waals surface area contributed by atoms with E-state index in [1.807, 2.05) is 48.5 Å². The Labute approximate surface area is 174 Å². The fourth-order valence-electron chi connectivity index (χ4n) is 3.25. The summed E-state index contributed by atoms with van der Waals surface area (Å²) in [5.74, 6) is 1.21. The lowest BCUT2D eigenvalue weighted by Gasteiger charge is -2.07. The lowest BCUT2D eigenvalue weighted by atomic mass is 10.1. The molecule has 2 aliphatic carbocycles. The van der Waals surface area contributed by atoms with Crippen LogP contribution in [-0.2, 0) is 9.59 Å². The molecule has 1 heterocycles. The Balaban J connectivity index is 1.24. The quantitative estimate of drug-likeness (QED) is 0.640. The fraction of sp³-hybridized carbons (Fsp3) is 0.250. The van der Waals surface area contributed by atoms with Crippen LogP contribution >= 0.6 is 0 Å². The topological polar surface area (TPSA) is 84.0 Å². The number of benzene rings is 2. The minimum absolute atomic E-state index is 0.0986. The van der Waals surface area contributed by atoms with Crippen LogP contribution in [0.5, 0.6) is 0 Å². The zero-order valence-corrected chi connectivity index (χ0v) is 16.5. The normalized spacial score (nSPS) is 15.5. The fourth-order valence-corrected chi connectivity index (χ4v) is 3.25. The van der Waals surface area contributed by atoms with E-state index in [-0.39, 0.29) is 23.7 Å². The van der Waals surface area contributed by atoms with E-state index in [1.165, 1.54) is 0 Å². The summed E-state index contributed by atoms with van der Waals surface area (Å²) in [6.45, 7) is 0. The number of nitrogens with one attached hydrogen (secondary N) is 2. The largest absolute Gasteiger partial charge is 0.326 e. The van der Waals surface area contributed by atoms with Crippen molar-refractivity contribution in [1.82, 2.24) is 9.97 Å². The molecule has 0 atom stereocenters. The molecule has 30 heavy (non-hydrogen) atoms. The lowest BCUT2D eigenvalue weighted by molar-refractivity contribution is -0.118. The first kappa shape index (κ1) is 18.5. The molecule has 2 saturated carbocycles. The molecule has 3 aromatic rings. The van der Waals surface area contributed by atoms with Crippen LogP contribution in [0.4, 0.5) is 11.4 Å². The summed E-state index contributed by atoms with van der Waals surface area (Å²) >= 11 is 0. The Hall–Kier alpha value is -3.54. The van der Waals surface area contributed by atoms with E-state index in [2.05, 4.69) is 20.6 Å². The first-order valence-electron chi connectivity index (χ1n) is 10.3. The molecule has 150 valence electrons. The van der Waals surface area contributed by atoms with Gasteiger partial charge in [-0.05, 0) is 67.6 Å². The van der Waals surface area contributed by atoms with E-state index in [1.54, 1.807) is 12.4 Å². The first-order valence-corrected chi connectivity index (χ1v) is 10.3. The molecule has 2 amide bonds. The van der Waals surface area contributed by atoms with Gasteiger partial charge >= 0.3 is 0 Å². The van der Waals surface area contributed by atoms with Crippen molar-refractivity contribution in [1.29, 1.82) is 0 Å². The summed E-state index contributed by atoms with van der Waals surface area (Å²) in [5.41, 5.74) is 4.39. The van der Waals surface area contributed by atoms with Crippen molar-refractivity contribution in [3.8, 4) is 22.5 Å². The maximum atomic E-state index is 11.9. The third-order valence-corrected chi connectivity index (χ3v) is 5.44. The van der Waals surface area contributed by atoms with Gasteiger partial charge in [-0.1, -0.05) is 12.1 Å². The molecule has 0 unspecified atom stereocenters. The second kappa shape index (κ2) is 7.71. The molecule has 2 fully saturated rings. The minimum Gasteiger partial charge on any atom is -0.326 e. The van der Waals surface area contributed by atoms with Crippen LogP contribution in [0, 0.1) is 11.8 Å². The number of amides is 2. The number of carbonyl (C=O) groups excluding carboxylic acids is 2. The number of hydrogen-bond acceptors (Lipinski definition) is 4. The predicted octanol–water partition coefficient (Wildman–Crippen LogP) is 4.51. The van der Waals surface area contributed by atoms with Gasteiger partial charge in [-0.3, -0.25) is 9.59 Å². The van der Waals surface area contributed by atoms with Crippen molar-refractivity contribution in [2.45, 2.75) is 25.7 Å². The molecule has 0 saturated heterocycles. The Morgan fingerprint density at radius 1 is 0.633 bits per heavy atom. The summed E-state index contributed by atoms with van der Waals surface area (Å²) in [5, 5.41) is 5.88. The Morgan fingerprint density at radius 2 is 1.07 bits per heavy atom. The average molecular weight is 398 g/mol. The molecule has 2 aromatic carbocycles. The van der Waals surface area contributed by atoms with Gasteiger partial charge in [0.2, 0.25) is 11.8 Å². The van der Waals surface area contributed by atoms with E-state index in [9.17, 15) is 9.59 Å². The van der Waals surface area contributed by atoms with E-state index >= 15 is 0 Å². The van der Waals surface area contributed by atoms with Gasteiger partial charge in [-0.2, -0.15) is 0 Å². The molecule has 1 aromatic heterocycles. The summed E-state index contributed by atoms with van der Waals surface area (Å²) in [6, 6.07) is 15.3. The van der Waals surface area contributed by atoms with Gasteiger partial charge in [-0.15, -0.1) is 0 Å². The van der Waals surface area contributed by atoms with Crippen LogP contribution < -0.4 is 10.6 Å². The van der Waals surface area contributed by atoms with Gasteiger partial charge < -0.3 is 10.6 Å². The number of carbonyl (C=O) groups is 2. The van der Waals surface area contributed by atoms with E-state index in [0.717, 1.165) is 53.7 Å². The smallest absolute Gasteiger partial charge is 0.227 e. The van der Waals surface area contributed by atoms with Gasteiger partial charge in [-0.25, -0.2) is 9.97 Å². The third kappa shape index (κ3) is 4.22. The molecule has 6 nitrogen and oxygen atoms in total. The average Bonchev–Trinajstić information content (AvgIpc) is 3.67. The van der Waals surface area contributed by atoms with Crippen molar-refractivity contribution < 1.29 is 9.59 Å². The second-order valence-corrected chi connectivity index (χ2v) is 7.98. The van der Waals surface area contributed by atoms with Gasteiger partial charge in [0.1, 0.15) is 0 Å². The van der Waals surface area contributed by atoms with Gasteiger partial charge in [0.15, 0.2) is 5.82 Å². The highest BCUT2D eigenvalue weighted by atomic mass is 16.2. The number of aromatic nitrogens is 2. The third-order valence-electron chi connectivity index (χ3n) is 5.44. The first-order chi connectivity index (χ1) is 14.7. The number of hydrogen-bond donors (Lipinski definition) is 2. The summed E-state index contributed by atoms with van der Waals surface area (Å²) in [4.78, 5) is 32.7. The van der Waals surface area contributed by atoms with Gasteiger partial charge in [0, 0.05) is 46.7 Å². The molecular weight excluding hydrogens is 376 g/mol. The highest BCUT2D eigenvalue weighted by Crippen LogP contribution is 2.31. The van der Waals surface area contributed by atoms with Crippen molar-refractivity contribution in [3.05, 3.63) is 60.9 Å². The molecule has 2 aliphatic rings. The van der Waals surface area contributed by atoms with Crippen LogP contribution in [-0.4, -0.2) is 21.8 Å². The summed E-state index contributed by atoms with van der Waals surface area (Å²) in [6.07, 6.45) is 7.55.